The number of hydrogen-bond acceptors (Lipinski definition) is 3. The molecule has 0 unspecified atom stereocenters. The maximum atomic E-state index is 8.95. The van der Waals surface area contributed by atoms with Crippen LogP contribution < -0.4 is 4.74 Å². The van der Waals surface area contributed by atoms with E-state index in [1.54, 1.807) is 18.3 Å². The number of nitrogens with zero attached hydrogens (tertiary/aromatic N) is 1. The summed E-state index contributed by atoms with van der Waals surface area (Å²) in [5, 5.41) is 8.95. The Hall–Kier alpha value is -1.39. The monoisotopic (exact) mass is 293 g/mol. The summed E-state index contributed by atoms with van der Waals surface area (Å²) >= 11 is 3.38. The van der Waals surface area contributed by atoms with Crippen molar-refractivity contribution in [2.45, 2.75) is 13.2 Å². The molecular weight excluding hydrogens is 282 g/mol. The van der Waals surface area contributed by atoms with Crippen molar-refractivity contribution in [3.05, 3.63) is 58.3 Å². The Labute approximate surface area is 108 Å². The molecule has 1 aromatic carbocycles. The van der Waals surface area contributed by atoms with Crippen molar-refractivity contribution in [3.8, 4) is 5.75 Å². The molecule has 4 heteroatoms. The first-order chi connectivity index (χ1) is 8.28. The smallest absolute Gasteiger partial charge is 0.123 e. The number of rotatable bonds is 4. The third-order valence-electron chi connectivity index (χ3n) is 2.27. The van der Waals surface area contributed by atoms with E-state index >= 15 is 0 Å². The number of benzene rings is 1. The molecule has 1 N–H and O–H groups in total. The Balaban J connectivity index is 1.99. The van der Waals surface area contributed by atoms with Gasteiger partial charge in [0.1, 0.15) is 12.4 Å². The lowest BCUT2D eigenvalue weighted by Gasteiger charge is -2.07. The molecule has 0 radical (unpaired) electrons. The van der Waals surface area contributed by atoms with Crippen LogP contribution in [0.15, 0.2) is 47.1 Å². The van der Waals surface area contributed by atoms with Crippen LogP contribution in [0.3, 0.4) is 0 Å². The molecule has 2 aromatic rings. The van der Waals surface area contributed by atoms with Crippen LogP contribution in [0.1, 0.15) is 11.3 Å². The minimum absolute atomic E-state index is 0.0739. The zero-order valence-corrected chi connectivity index (χ0v) is 10.7. The number of pyridine rings is 1. The average molecular weight is 294 g/mol. The maximum absolute atomic E-state index is 8.95. The van der Waals surface area contributed by atoms with E-state index in [0.29, 0.717) is 18.1 Å². The minimum atomic E-state index is -0.0739. The topological polar surface area (TPSA) is 42.4 Å². The first-order valence-corrected chi connectivity index (χ1v) is 6.00. The lowest BCUT2D eigenvalue weighted by molar-refractivity contribution is 0.273. The van der Waals surface area contributed by atoms with Gasteiger partial charge in [-0.05, 0) is 23.8 Å². The summed E-state index contributed by atoms with van der Waals surface area (Å²) in [6, 6.07) is 11.5. The van der Waals surface area contributed by atoms with Crippen LogP contribution in [0.2, 0.25) is 0 Å². The Morgan fingerprint density at radius 2 is 1.94 bits per heavy atom. The van der Waals surface area contributed by atoms with Crippen LogP contribution >= 0.6 is 15.9 Å². The molecular formula is C13H12BrNO2. The van der Waals surface area contributed by atoms with Gasteiger partial charge in [-0.25, -0.2) is 0 Å². The molecule has 0 saturated heterocycles. The van der Waals surface area contributed by atoms with Gasteiger partial charge < -0.3 is 9.84 Å². The van der Waals surface area contributed by atoms with Crippen LogP contribution in [-0.4, -0.2) is 10.1 Å². The lowest BCUT2D eigenvalue weighted by atomic mass is 10.2. The molecule has 3 nitrogen and oxygen atoms in total. The van der Waals surface area contributed by atoms with Gasteiger partial charge in [0, 0.05) is 16.7 Å². The van der Waals surface area contributed by atoms with Crippen LogP contribution in [0.5, 0.6) is 5.75 Å². The van der Waals surface area contributed by atoms with Gasteiger partial charge in [-0.1, -0.05) is 28.1 Å². The van der Waals surface area contributed by atoms with E-state index in [1.165, 1.54) is 0 Å². The highest BCUT2D eigenvalue weighted by atomic mass is 79.9. The molecule has 0 aliphatic heterocycles. The van der Waals surface area contributed by atoms with Crippen molar-refractivity contribution in [1.82, 2.24) is 4.98 Å². The molecule has 1 aromatic heterocycles. The van der Waals surface area contributed by atoms with Crippen molar-refractivity contribution in [3.63, 3.8) is 0 Å². The minimum Gasteiger partial charge on any atom is -0.489 e. The largest absolute Gasteiger partial charge is 0.489 e. The summed E-state index contributed by atoms with van der Waals surface area (Å²) in [6.07, 6.45) is 1.63. The van der Waals surface area contributed by atoms with E-state index in [4.69, 9.17) is 9.84 Å². The van der Waals surface area contributed by atoms with Crippen molar-refractivity contribution in [2.24, 2.45) is 0 Å². The number of aromatic nitrogens is 1. The van der Waals surface area contributed by atoms with Gasteiger partial charge in [0.2, 0.25) is 0 Å². The maximum Gasteiger partial charge on any atom is 0.123 e. The molecule has 2 rings (SSSR count). The molecule has 0 amide bonds. The summed E-state index contributed by atoms with van der Waals surface area (Å²) in [7, 11) is 0. The first-order valence-electron chi connectivity index (χ1n) is 5.21. The fourth-order valence-electron chi connectivity index (χ4n) is 1.38. The van der Waals surface area contributed by atoms with Crippen LogP contribution in [0.25, 0.3) is 0 Å². The summed E-state index contributed by atoms with van der Waals surface area (Å²) in [4.78, 5) is 3.99. The van der Waals surface area contributed by atoms with Gasteiger partial charge in [-0.2, -0.15) is 0 Å². The second-order valence-corrected chi connectivity index (χ2v) is 4.47. The number of aliphatic hydroxyl groups is 1. The van der Waals surface area contributed by atoms with Gasteiger partial charge in [-0.3, -0.25) is 4.98 Å². The molecule has 0 fully saturated rings. The normalized spacial score (nSPS) is 10.2. The number of ether oxygens (including phenoxy) is 1. The fraction of sp³-hybridized carbons (Fsp3) is 0.154. The SMILES string of the molecule is OCc1cc(OCc2ccc(Br)cc2)ccn1. The van der Waals surface area contributed by atoms with E-state index in [9.17, 15) is 0 Å². The third kappa shape index (κ3) is 3.54. The number of aliphatic hydroxyl groups excluding tert-OH is 1. The molecule has 1 heterocycles. The van der Waals surface area contributed by atoms with Gasteiger partial charge in [0.25, 0.3) is 0 Å². The van der Waals surface area contributed by atoms with Crippen molar-refractivity contribution < 1.29 is 9.84 Å². The lowest BCUT2D eigenvalue weighted by Crippen LogP contribution is -1.97. The zero-order chi connectivity index (χ0) is 12.1. The molecule has 0 aliphatic carbocycles. The van der Waals surface area contributed by atoms with Gasteiger partial charge in [-0.15, -0.1) is 0 Å². The third-order valence-corrected chi connectivity index (χ3v) is 2.80. The summed E-state index contributed by atoms with van der Waals surface area (Å²) in [6.45, 7) is 0.428. The highest BCUT2D eigenvalue weighted by molar-refractivity contribution is 9.10. The van der Waals surface area contributed by atoms with Crippen LogP contribution in [-0.2, 0) is 13.2 Å². The number of hydrogen-bond donors (Lipinski definition) is 1. The highest BCUT2D eigenvalue weighted by Gasteiger charge is 1.98. The summed E-state index contributed by atoms with van der Waals surface area (Å²) < 4.78 is 6.66. The van der Waals surface area contributed by atoms with E-state index in [-0.39, 0.29) is 6.61 Å². The van der Waals surface area contributed by atoms with Gasteiger partial charge in [0.05, 0.1) is 12.3 Å². The summed E-state index contributed by atoms with van der Waals surface area (Å²) in [5.41, 5.74) is 1.70. The van der Waals surface area contributed by atoms with E-state index in [0.717, 1.165) is 10.0 Å². The quantitative estimate of drug-likeness (QED) is 0.942. The van der Waals surface area contributed by atoms with Gasteiger partial charge >= 0.3 is 0 Å². The molecule has 0 aliphatic rings. The Bertz CT molecular complexity index is 485. The molecule has 88 valence electrons. The van der Waals surface area contributed by atoms with Crippen molar-refractivity contribution in [2.75, 3.05) is 0 Å². The van der Waals surface area contributed by atoms with Crippen molar-refractivity contribution >= 4 is 15.9 Å². The molecule has 0 saturated carbocycles. The van der Waals surface area contributed by atoms with Gasteiger partial charge in [0.15, 0.2) is 0 Å². The van der Waals surface area contributed by atoms with Crippen LogP contribution in [0.4, 0.5) is 0 Å². The second-order valence-electron chi connectivity index (χ2n) is 3.56. The molecule has 0 spiro atoms. The highest BCUT2D eigenvalue weighted by Crippen LogP contribution is 2.15. The van der Waals surface area contributed by atoms with E-state index in [1.807, 2.05) is 24.3 Å². The zero-order valence-electron chi connectivity index (χ0n) is 9.14. The standard InChI is InChI=1S/C13H12BrNO2/c14-11-3-1-10(2-4-11)9-17-13-5-6-15-12(7-13)8-16/h1-7,16H,8-9H2. The molecule has 0 bridgehead atoms. The second kappa shape index (κ2) is 5.80. The average Bonchev–Trinajstić information content (AvgIpc) is 2.38. The van der Waals surface area contributed by atoms with E-state index in [2.05, 4.69) is 20.9 Å². The fourth-order valence-corrected chi connectivity index (χ4v) is 1.64. The predicted molar refractivity (Wildman–Crippen MR) is 68.6 cm³/mol. The molecule has 0 atom stereocenters. The number of halogens is 1. The van der Waals surface area contributed by atoms with Crippen molar-refractivity contribution in [1.29, 1.82) is 0 Å². The van der Waals surface area contributed by atoms with E-state index < -0.39 is 0 Å². The first kappa shape index (κ1) is 12.1. The summed E-state index contributed by atoms with van der Waals surface area (Å²) in [5.74, 6) is 0.715. The Kier molecular flexibility index (Phi) is 4.12. The predicted octanol–water partition coefficient (Wildman–Crippen LogP) is 2.92. The molecule has 17 heavy (non-hydrogen) atoms. The van der Waals surface area contributed by atoms with Crippen LogP contribution in [0, 0.1) is 0 Å². The Morgan fingerprint density at radius 1 is 1.18 bits per heavy atom. The Morgan fingerprint density at radius 3 is 2.65 bits per heavy atom.